The van der Waals surface area contributed by atoms with Crippen LogP contribution in [0.1, 0.15) is 26.2 Å². The van der Waals surface area contributed by atoms with Crippen LogP contribution in [0.25, 0.3) is 0 Å². The number of hydrogen-bond donors (Lipinski definition) is 3. The number of carboxylic acids is 1. The third-order valence-electron chi connectivity index (χ3n) is 2.79. The molecule has 1 aliphatic rings. The van der Waals surface area contributed by atoms with Gasteiger partial charge in [-0.3, -0.25) is 4.79 Å². The number of urea groups is 1. The van der Waals surface area contributed by atoms with Crippen molar-refractivity contribution in [1.82, 2.24) is 10.6 Å². The molecule has 6 nitrogen and oxygen atoms in total. The van der Waals surface area contributed by atoms with Crippen LogP contribution in [-0.4, -0.2) is 42.9 Å². The van der Waals surface area contributed by atoms with Crippen molar-refractivity contribution in [3.63, 3.8) is 0 Å². The Hall–Kier alpha value is -1.30. The zero-order chi connectivity index (χ0) is 12.7. The van der Waals surface area contributed by atoms with Crippen molar-refractivity contribution in [3.05, 3.63) is 0 Å². The molecule has 0 aromatic heterocycles. The van der Waals surface area contributed by atoms with Gasteiger partial charge in [0.05, 0.1) is 18.6 Å². The molecule has 0 aromatic carbocycles. The van der Waals surface area contributed by atoms with E-state index in [1.54, 1.807) is 6.92 Å². The maximum atomic E-state index is 11.4. The van der Waals surface area contributed by atoms with Crippen LogP contribution in [0.5, 0.6) is 0 Å². The summed E-state index contributed by atoms with van der Waals surface area (Å²) in [5.41, 5.74) is 0. The van der Waals surface area contributed by atoms with E-state index in [0.29, 0.717) is 32.6 Å². The first kappa shape index (κ1) is 13.8. The third-order valence-corrected chi connectivity index (χ3v) is 2.79. The molecule has 2 amide bonds. The standard InChI is InChI=1S/C11H20N2O4/c1-8(10(14)15)3-2-5-12-11(16)13-9-4-6-17-7-9/h8-9H,2-7H2,1H3,(H,14,15)(H2,12,13,16). The molecule has 1 aliphatic heterocycles. The lowest BCUT2D eigenvalue weighted by atomic mass is 10.1. The second-order valence-corrected chi connectivity index (χ2v) is 4.34. The van der Waals surface area contributed by atoms with Crippen LogP contribution in [-0.2, 0) is 9.53 Å². The molecular formula is C11H20N2O4. The highest BCUT2D eigenvalue weighted by molar-refractivity contribution is 5.74. The number of carbonyl (C=O) groups is 2. The number of carboxylic acid groups (broad SMARTS) is 1. The van der Waals surface area contributed by atoms with E-state index in [9.17, 15) is 9.59 Å². The lowest BCUT2D eigenvalue weighted by molar-refractivity contribution is -0.141. The van der Waals surface area contributed by atoms with E-state index in [-0.39, 0.29) is 18.0 Å². The van der Waals surface area contributed by atoms with E-state index in [4.69, 9.17) is 9.84 Å². The summed E-state index contributed by atoms with van der Waals surface area (Å²) < 4.78 is 5.13. The summed E-state index contributed by atoms with van der Waals surface area (Å²) in [5.74, 6) is -1.15. The smallest absolute Gasteiger partial charge is 0.315 e. The molecule has 0 bridgehead atoms. The zero-order valence-electron chi connectivity index (χ0n) is 10.1. The van der Waals surface area contributed by atoms with Crippen LogP contribution in [0, 0.1) is 5.92 Å². The van der Waals surface area contributed by atoms with Gasteiger partial charge < -0.3 is 20.5 Å². The highest BCUT2D eigenvalue weighted by atomic mass is 16.5. The van der Waals surface area contributed by atoms with Gasteiger partial charge in [0.1, 0.15) is 0 Å². The van der Waals surface area contributed by atoms with Gasteiger partial charge in [-0.1, -0.05) is 6.92 Å². The molecular weight excluding hydrogens is 224 g/mol. The monoisotopic (exact) mass is 244 g/mol. The minimum atomic E-state index is -0.794. The van der Waals surface area contributed by atoms with Crippen molar-refractivity contribution < 1.29 is 19.4 Å². The second-order valence-electron chi connectivity index (χ2n) is 4.34. The molecule has 98 valence electrons. The van der Waals surface area contributed by atoms with Gasteiger partial charge in [0.2, 0.25) is 0 Å². The van der Waals surface area contributed by atoms with Gasteiger partial charge in [0, 0.05) is 13.2 Å². The molecule has 1 rings (SSSR count). The van der Waals surface area contributed by atoms with Crippen LogP contribution in [0.3, 0.4) is 0 Å². The molecule has 0 radical (unpaired) electrons. The zero-order valence-corrected chi connectivity index (χ0v) is 10.1. The first-order valence-electron chi connectivity index (χ1n) is 5.94. The second kappa shape index (κ2) is 7.11. The Morgan fingerprint density at radius 3 is 2.88 bits per heavy atom. The van der Waals surface area contributed by atoms with E-state index >= 15 is 0 Å². The molecule has 2 unspecified atom stereocenters. The van der Waals surface area contributed by atoms with Crippen molar-refractivity contribution >= 4 is 12.0 Å². The predicted octanol–water partition coefficient (Wildman–Crippen LogP) is 0.575. The van der Waals surface area contributed by atoms with Crippen molar-refractivity contribution in [2.45, 2.75) is 32.2 Å². The van der Waals surface area contributed by atoms with E-state index in [1.807, 2.05) is 0 Å². The number of carbonyl (C=O) groups excluding carboxylic acids is 1. The number of hydrogen-bond acceptors (Lipinski definition) is 3. The Morgan fingerprint density at radius 2 is 2.29 bits per heavy atom. The summed E-state index contributed by atoms with van der Waals surface area (Å²) in [6, 6.07) is -0.101. The summed E-state index contributed by atoms with van der Waals surface area (Å²) in [7, 11) is 0. The molecule has 1 saturated heterocycles. The van der Waals surface area contributed by atoms with Gasteiger partial charge in [-0.2, -0.15) is 0 Å². The summed E-state index contributed by atoms with van der Waals surface area (Å²) in [4.78, 5) is 21.9. The first-order chi connectivity index (χ1) is 8.09. The molecule has 3 N–H and O–H groups in total. The SMILES string of the molecule is CC(CCCNC(=O)NC1CCOC1)C(=O)O. The fraction of sp³-hybridized carbons (Fsp3) is 0.818. The molecule has 0 aliphatic carbocycles. The van der Waals surface area contributed by atoms with Crippen LogP contribution in [0.2, 0.25) is 0 Å². The summed E-state index contributed by atoms with van der Waals surface area (Å²) >= 11 is 0. The Kier molecular flexibility index (Phi) is 5.76. The lowest BCUT2D eigenvalue weighted by Gasteiger charge is -2.12. The van der Waals surface area contributed by atoms with Gasteiger partial charge in [0.25, 0.3) is 0 Å². The lowest BCUT2D eigenvalue weighted by Crippen LogP contribution is -2.42. The summed E-state index contributed by atoms with van der Waals surface area (Å²) in [5, 5.41) is 14.2. The average molecular weight is 244 g/mol. The Balaban J connectivity index is 2.01. The number of amides is 2. The fourth-order valence-corrected chi connectivity index (χ4v) is 1.62. The van der Waals surface area contributed by atoms with Gasteiger partial charge in [0.15, 0.2) is 0 Å². The van der Waals surface area contributed by atoms with E-state index in [1.165, 1.54) is 0 Å². The normalized spacial score (nSPS) is 20.9. The topological polar surface area (TPSA) is 87.7 Å². The van der Waals surface area contributed by atoms with Crippen molar-refractivity contribution in [3.8, 4) is 0 Å². The quantitative estimate of drug-likeness (QED) is 0.596. The van der Waals surface area contributed by atoms with Gasteiger partial charge >= 0.3 is 12.0 Å². The van der Waals surface area contributed by atoms with Gasteiger partial charge in [-0.15, -0.1) is 0 Å². The van der Waals surface area contributed by atoms with Gasteiger partial charge in [-0.05, 0) is 19.3 Å². The van der Waals surface area contributed by atoms with Crippen LogP contribution in [0.4, 0.5) is 4.79 Å². The molecule has 0 saturated carbocycles. The van der Waals surface area contributed by atoms with E-state index in [2.05, 4.69) is 10.6 Å². The van der Waals surface area contributed by atoms with Crippen molar-refractivity contribution in [2.24, 2.45) is 5.92 Å². The Bertz CT molecular complexity index is 264. The number of ether oxygens (including phenoxy) is 1. The first-order valence-corrected chi connectivity index (χ1v) is 5.94. The van der Waals surface area contributed by atoms with E-state index in [0.717, 1.165) is 6.42 Å². The number of aliphatic carboxylic acids is 1. The summed E-state index contributed by atoms with van der Waals surface area (Å²) in [6.07, 6.45) is 2.09. The highest BCUT2D eigenvalue weighted by Crippen LogP contribution is 2.04. The maximum absolute atomic E-state index is 11.4. The third kappa shape index (κ3) is 5.53. The molecule has 1 heterocycles. The van der Waals surface area contributed by atoms with Crippen LogP contribution in [0.15, 0.2) is 0 Å². The molecule has 17 heavy (non-hydrogen) atoms. The van der Waals surface area contributed by atoms with E-state index < -0.39 is 5.97 Å². The minimum absolute atomic E-state index is 0.105. The highest BCUT2D eigenvalue weighted by Gasteiger charge is 2.17. The van der Waals surface area contributed by atoms with Crippen LogP contribution >= 0.6 is 0 Å². The molecule has 1 fully saturated rings. The maximum Gasteiger partial charge on any atom is 0.315 e. The summed E-state index contributed by atoms with van der Waals surface area (Å²) in [6.45, 7) is 3.43. The largest absolute Gasteiger partial charge is 0.481 e. The molecule has 0 aromatic rings. The van der Waals surface area contributed by atoms with Gasteiger partial charge in [-0.25, -0.2) is 4.79 Å². The fourth-order valence-electron chi connectivity index (χ4n) is 1.62. The molecule has 6 heteroatoms. The molecule has 0 spiro atoms. The van der Waals surface area contributed by atoms with Crippen molar-refractivity contribution in [2.75, 3.05) is 19.8 Å². The van der Waals surface area contributed by atoms with Crippen molar-refractivity contribution in [1.29, 1.82) is 0 Å². The Morgan fingerprint density at radius 1 is 1.53 bits per heavy atom. The number of rotatable bonds is 6. The van der Waals surface area contributed by atoms with Crippen LogP contribution < -0.4 is 10.6 Å². The average Bonchev–Trinajstić information content (AvgIpc) is 2.76. The minimum Gasteiger partial charge on any atom is -0.481 e. The number of nitrogens with one attached hydrogen (secondary N) is 2. The molecule has 2 atom stereocenters. The predicted molar refractivity (Wildman–Crippen MR) is 61.8 cm³/mol. The Labute approximate surface area is 101 Å².